The van der Waals surface area contributed by atoms with Gasteiger partial charge in [-0.25, -0.2) is 4.98 Å². The number of nitrogens with zero attached hydrogens (tertiary/aromatic N) is 2. The molecular formula is C15H18N4O3. The molecule has 1 amide bonds. The quantitative estimate of drug-likeness (QED) is 0.842. The van der Waals surface area contributed by atoms with Gasteiger partial charge in [-0.05, 0) is 19.3 Å². The number of carbonyl (C=O) groups is 1. The van der Waals surface area contributed by atoms with Gasteiger partial charge in [0.25, 0.3) is 11.5 Å². The Morgan fingerprint density at radius 1 is 1.50 bits per heavy atom. The molecule has 2 heterocycles. The average Bonchev–Trinajstić information content (AvgIpc) is 3.26. The van der Waals surface area contributed by atoms with E-state index in [1.165, 1.54) is 6.20 Å². The zero-order valence-corrected chi connectivity index (χ0v) is 12.4. The van der Waals surface area contributed by atoms with Crippen LogP contribution in [0.2, 0.25) is 0 Å². The van der Waals surface area contributed by atoms with Crippen molar-refractivity contribution < 1.29 is 9.32 Å². The van der Waals surface area contributed by atoms with Crippen molar-refractivity contribution in [2.75, 3.05) is 0 Å². The van der Waals surface area contributed by atoms with Crippen LogP contribution in [0, 0.1) is 0 Å². The molecule has 0 unspecified atom stereocenters. The van der Waals surface area contributed by atoms with Gasteiger partial charge in [0.1, 0.15) is 11.4 Å². The van der Waals surface area contributed by atoms with Crippen molar-refractivity contribution >= 4 is 5.91 Å². The summed E-state index contributed by atoms with van der Waals surface area (Å²) in [6.45, 7) is 2.25. The van der Waals surface area contributed by atoms with Crippen molar-refractivity contribution in [1.82, 2.24) is 20.4 Å². The highest BCUT2D eigenvalue weighted by atomic mass is 16.5. The molecule has 1 saturated carbocycles. The van der Waals surface area contributed by atoms with E-state index < -0.39 is 11.5 Å². The first-order chi connectivity index (χ1) is 10.7. The number of rotatable bonds is 6. The standard InChI is InChI=1S/C15H18N4O3/c1-2-3-10-6-11(22-19-10)7-17-14(20)12-8-16-13(9-4-5-9)18-15(12)21/h6,8-9H,2-5,7H2,1H3,(H,17,20)(H,16,18,21). The predicted octanol–water partition coefficient (Wildman–Crippen LogP) is 1.52. The van der Waals surface area contributed by atoms with Gasteiger partial charge in [-0.3, -0.25) is 9.59 Å². The first-order valence-corrected chi connectivity index (χ1v) is 7.49. The maximum Gasteiger partial charge on any atom is 0.263 e. The van der Waals surface area contributed by atoms with Crippen molar-refractivity contribution in [3.8, 4) is 0 Å². The maximum absolute atomic E-state index is 12.0. The normalized spacial score (nSPS) is 14.0. The molecule has 1 fully saturated rings. The highest BCUT2D eigenvalue weighted by Crippen LogP contribution is 2.37. The third-order valence-corrected chi connectivity index (χ3v) is 3.56. The van der Waals surface area contributed by atoms with E-state index in [2.05, 4.69) is 27.4 Å². The Morgan fingerprint density at radius 3 is 3.00 bits per heavy atom. The van der Waals surface area contributed by atoms with Crippen molar-refractivity contribution in [3.63, 3.8) is 0 Å². The molecule has 7 nitrogen and oxygen atoms in total. The molecule has 7 heteroatoms. The van der Waals surface area contributed by atoms with Crippen LogP contribution in [0.15, 0.2) is 21.6 Å². The third-order valence-electron chi connectivity index (χ3n) is 3.56. The minimum absolute atomic E-state index is 0.0118. The van der Waals surface area contributed by atoms with Gasteiger partial charge in [0.2, 0.25) is 0 Å². The molecular weight excluding hydrogens is 284 g/mol. The number of hydrogen-bond acceptors (Lipinski definition) is 5. The summed E-state index contributed by atoms with van der Waals surface area (Å²) in [5, 5.41) is 6.55. The molecule has 0 atom stereocenters. The molecule has 0 radical (unpaired) electrons. The lowest BCUT2D eigenvalue weighted by Gasteiger charge is -2.03. The fourth-order valence-electron chi connectivity index (χ4n) is 2.21. The Balaban J connectivity index is 1.62. The lowest BCUT2D eigenvalue weighted by atomic mass is 10.2. The second-order valence-corrected chi connectivity index (χ2v) is 5.50. The second-order valence-electron chi connectivity index (χ2n) is 5.50. The van der Waals surface area contributed by atoms with Crippen molar-refractivity contribution in [3.05, 3.63) is 45.5 Å². The van der Waals surface area contributed by atoms with Crippen LogP contribution in [0.3, 0.4) is 0 Å². The van der Waals surface area contributed by atoms with Crippen LogP contribution in [0.4, 0.5) is 0 Å². The van der Waals surface area contributed by atoms with Crippen LogP contribution in [0.5, 0.6) is 0 Å². The first-order valence-electron chi connectivity index (χ1n) is 7.49. The molecule has 3 rings (SSSR count). The molecule has 0 spiro atoms. The number of aromatic nitrogens is 3. The number of H-pyrrole nitrogens is 1. The van der Waals surface area contributed by atoms with Crippen molar-refractivity contribution in [2.24, 2.45) is 0 Å². The summed E-state index contributed by atoms with van der Waals surface area (Å²) in [4.78, 5) is 30.8. The van der Waals surface area contributed by atoms with Crippen molar-refractivity contribution in [1.29, 1.82) is 0 Å². The summed E-state index contributed by atoms with van der Waals surface area (Å²) in [6.07, 6.45) is 5.24. The summed E-state index contributed by atoms with van der Waals surface area (Å²) < 4.78 is 5.13. The lowest BCUT2D eigenvalue weighted by molar-refractivity contribution is 0.0945. The molecule has 116 valence electrons. The lowest BCUT2D eigenvalue weighted by Crippen LogP contribution is -2.30. The first kappa shape index (κ1) is 14.5. The second kappa shape index (κ2) is 6.13. The Hall–Kier alpha value is -2.44. The maximum atomic E-state index is 12.0. The molecule has 2 N–H and O–H groups in total. The van der Waals surface area contributed by atoms with E-state index in [4.69, 9.17) is 4.52 Å². The molecule has 1 aliphatic carbocycles. The summed E-state index contributed by atoms with van der Waals surface area (Å²) in [5.74, 6) is 1.11. The smallest absolute Gasteiger partial charge is 0.263 e. The number of aromatic amines is 1. The predicted molar refractivity (Wildman–Crippen MR) is 78.5 cm³/mol. The monoisotopic (exact) mass is 302 g/mol. The van der Waals surface area contributed by atoms with E-state index in [1.807, 2.05) is 6.07 Å². The average molecular weight is 302 g/mol. The minimum atomic E-state index is -0.468. The van der Waals surface area contributed by atoms with Gasteiger partial charge < -0.3 is 14.8 Å². The molecule has 0 bridgehead atoms. The molecule has 2 aromatic heterocycles. The zero-order chi connectivity index (χ0) is 15.5. The van der Waals surface area contributed by atoms with Gasteiger partial charge in [-0.1, -0.05) is 18.5 Å². The van der Waals surface area contributed by atoms with Crippen molar-refractivity contribution in [2.45, 2.75) is 45.1 Å². The summed E-state index contributed by atoms with van der Waals surface area (Å²) in [5.41, 5.74) is 0.469. The van der Waals surface area contributed by atoms with Crippen LogP contribution in [0.25, 0.3) is 0 Å². The van der Waals surface area contributed by atoms with Crippen LogP contribution in [-0.4, -0.2) is 21.0 Å². The van der Waals surface area contributed by atoms with Crippen LogP contribution >= 0.6 is 0 Å². The third kappa shape index (κ3) is 3.24. The largest absolute Gasteiger partial charge is 0.359 e. The number of nitrogens with one attached hydrogen (secondary N) is 2. The Bertz CT molecular complexity index is 730. The fraction of sp³-hybridized carbons (Fsp3) is 0.467. The molecule has 0 aliphatic heterocycles. The summed E-state index contributed by atoms with van der Waals surface area (Å²) >= 11 is 0. The van der Waals surface area contributed by atoms with Gasteiger partial charge in [0.15, 0.2) is 5.76 Å². The number of amides is 1. The number of aryl methyl sites for hydroxylation is 1. The molecule has 0 saturated heterocycles. The van der Waals surface area contributed by atoms with Crippen LogP contribution in [-0.2, 0) is 13.0 Å². The molecule has 22 heavy (non-hydrogen) atoms. The van der Waals surface area contributed by atoms with Gasteiger partial charge in [0, 0.05) is 18.2 Å². The topological polar surface area (TPSA) is 101 Å². The Kier molecular flexibility index (Phi) is 4.04. The van der Waals surface area contributed by atoms with E-state index in [0.717, 1.165) is 31.4 Å². The highest BCUT2D eigenvalue weighted by molar-refractivity contribution is 5.93. The van der Waals surface area contributed by atoms with E-state index in [0.29, 0.717) is 17.5 Å². The van der Waals surface area contributed by atoms with Gasteiger partial charge in [-0.15, -0.1) is 0 Å². The van der Waals surface area contributed by atoms with Gasteiger partial charge >= 0.3 is 0 Å². The zero-order valence-electron chi connectivity index (χ0n) is 12.4. The molecule has 1 aliphatic rings. The van der Waals surface area contributed by atoms with E-state index in [-0.39, 0.29) is 12.1 Å². The summed E-state index contributed by atoms with van der Waals surface area (Å²) in [6, 6.07) is 1.81. The van der Waals surface area contributed by atoms with Crippen LogP contribution < -0.4 is 10.9 Å². The van der Waals surface area contributed by atoms with E-state index in [9.17, 15) is 9.59 Å². The molecule has 0 aromatic carbocycles. The number of carbonyl (C=O) groups excluding carboxylic acids is 1. The van der Waals surface area contributed by atoms with Crippen LogP contribution in [0.1, 0.15) is 59.7 Å². The highest BCUT2D eigenvalue weighted by Gasteiger charge is 2.26. The summed E-state index contributed by atoms with van der Waals surface area (Å²) in [7, 11) is 0. The minimum Gasteiger partial charge on any atom is -0.359 e. The van der Waals surface area contributed by atoms with E-state index in [1.54, 1.807) is 0 Å². The Labute approximate surface area is 127 Å². The van der Waals surface area contributed by atoms with Gasteiger partial charge in [0.05, 0.1) is 12.2 Å². The number of hydrogen-bond donors (Lipinski definition) is 2. The van der Waals surface area contributed by atoms with Gasteiger partial charge in [-0.2, -0.15) is 0 Å². The SMILES string of the molecule is CCCc1cc(CNC(=O)c2cnc(C3CC3)[nH]c2=O)on1. The Morgan fingerprint density at radius 2 is 2.32 bits per heavy atom. The fourth-order valence-corrected chi connectivity index (χ4v) is 2.21. The van der Waals surface area contributed by atoms with E-state index >= 15 is 0 Å². The molecule has 2 aromatic rings.